The van der Waals surface area contributed by atoms with Crippen molar-refractivity contribution in [3.8, 4) is 0 Å². The minimum atomic E-state index is 0.288. The summed E-state index contributed by atoms with van der Waals surface area (Å²) in [5, 5.41) is 0. The number of hydrogen-bond donors (Lipinski definition) is 0. The summed E-state index contributed by atoms with van der Waals surface area (Å²) >= 11 is 0. The quantitative estimate of drug-likeness (QED) is 0.429. The maximum atomic E-state index is 4.58. The highest BCUT2D eigenvalue weighted by Gasteiger charge is 2.58. The van der Waals surface area contributed by atoms with Crippen molar-refractivity contribution in [2.45, 2.75) is 86.0 Å². The molecule has 0 amide bonds. The highest BCUT2D eigenvalue weighted by molar-refractivity contribution is 5.41. The van der Waals surface area contributed by atoms with Crippen molar-refractivity contribution >= 4 is 0 Å². The molecule has 3 aliphatic rings. The molecule has 0 N–H and O–H groups in total. The van der Waals surface area contributed by atoms with Gasteiger partial charge < -0.3 is 0 Å². The van der Waals surface area contributed by atoms with Crippen LogP contribution in [0.3, 0.4) is 0 Å². The molecule has 0 aromatic heterocycles. The SMILES string of the molecule is C=C/C=C1/C(=C)CC2C(CCC3(C)C(/C(C)=C/CC)CCC23)C1(C)CCC. The summed E-state index contributed by atoms with van der Waals surface area (Å²) < 4.78 is 0. The molecule has 0 heterocycles. The standard InChI is InChI=1S/C27H42/c1-8-11-19(4)23-13-14-24-21-18-20(5)22(12-9-2)26(6,16-10-3)25(21)15-17-27(23,24)7/h9,11-12,21,23-25H,2,5,8,10,13-18H2,1,3-4,6-7H3/b19-11+,22-12-. The Balaban J connectivity index is 1.97. The van der Waals surface area contributed by atoms with E-state index in [2.05, 4.69) is 59.9 Å². The summed E-state index contributed by atoms with van der Waals surface area (Å²) in [6.45, 7) is 20.8. The highest BCUT2D eigenvalue weighted by atomic mass is 14.6. The molecule has 3 rings (SSSR count). The lowest BCUT2D eigenvalue weighted by Crippen LogP contribution is -2.50. The molecular formula is C27H42. The van der Waals surface area contributed by atoms with Crippen LogP contribution in [-0.2, 0) is 0 Å². The van der Waals surface area contributed by atoms with Crippen molar-refractivity contribution in [3.05, 3.63) is 48.1 Å². The summed E-state index contributed by atoms with van der Waals surface area (Å²) in [4.78, 5) is 0. The molecule has 0 spiro atoms. The van der Waals surface area contributed by atoms with Crippen LogP contribution in [0.5, 0.6) is 0 Å². The van der Waals surface area contributed by atoms with E-state index < -0.39 is 0 Å². The largest absolute Gasteiger partial charge is 0.0991 e. The summed E-state index contributed by atoms with van der Waals surface area (Å²) in [6, 6.07) is 0. The van der Waals surface area contributed by atoms with E-state index in [1.807, 2.05) is 6.08 Å². The maximum absolute atomic E-state index is 4.58. The fourth-order valence-corrected chi connectivity index (χ4v) is 7.84. The molecule has 0 aliphatic heterocycles. The zero-order valence-electron chi connectivity index (χ0n) is 18.6. The van der Waals surface area contributed by atoms with Crippen molar-refractivity contribution < 1.29 is 0 Å². The molecule has 3 fully saturated rings. The van der Waals surface area contributed by atoms with E-state index in [1.165, 1.54) is 62.5 Å². The van der Waals surface area contributed by atoms with Gasteiger partial charge in [-0.15, -0.1) is 0 Å². The molecule has 150 valence electrons. The molecule has 0 saturated heterocycles. The second kappa shape index (κ2) is 7.76. The van der Waals surface area contributed by atoms with Crippen molar-refractivity contribution in [2.75, 3.05) is 0 Å². The molecule has 0 aromatic rings. The van der Waals surface area contributed by atoms with Crippen LogP contribution in [0.25, 0.3) is 0 Å². The minimum Gasteiger partial charge on any atom is -0.0991 e. The zero-order valence-corrected chi connectivity index (χ0v) is 18.6. The molecule has 0 heteroatoms. The predicted octanol–water partition coefficient (Wildman–Crippen LogP) is 8.28. The van der Waals surface area contributed by atoms with Crippen molar-refractivity contribution in [1.29, 1.82) is 0 Å². The van der Waals surface area contributed by atoms with Crippen LogP contribution in [0.4, 0.5) is 0 Å². The van der Waals surface area contributed by atoms with E-state index in [0.717, 1.165) is 23.7 Å². The smallest absolute Gasteiger partial charge is 0.00418 e. The lowest BCUT2D eigenvalue weighted by Gasteiger charge is -2.58. The zero-order chi connectivity index (χ0) is 19.8. The predicted molar refractivity (Wildman–Crippen MR) is 120 cm³/mol. The first kappa shape index (κ1) is 20.7. The van der Waals surface area contributed by atoms with E-state index >= 15 is 0 Å². The van der Waals surface area contributed by atoms with Gasteiger partial charge in [0.25, 0.3) is 0 Å². The van der Waals surface area contributed by atoms with Gasteiger partial charge in [0.1, 0.15) is 0 Å². The Bertz CT molecular complexity index is 647. The van der Waals surface area contributed by atoms with Crippen molar-refractivity contribution in [2.24, 2.45) is 34.5 Å². The van der Waals surface area contributed by atoms with Gasteiger partial charge in [-0.3, -0.25) is 0 Å². The van der Waals surface area contributed by atoms with Crippen LogP contribution in [0, 0.1) is 34.5 Å². The Morgan fingerprint density at radius 3 is 2.52 bits per heavy atom. The maximum Gasteiger partial charge on any atom is -0.00418 e. The van der Waals surface area contributed by atoms with Crippen LogP contribution < -0.4 is 0 Å². The van der Waals surface area contributed by atoms with E-state index in [9.17, 15) is 0 Å². The number of allylic oxidation sites excluding steroid dienone is 6. The molecule has 0 aromatic carbocycles. The first-order chi connectivity index (χ1) is 12.8. The average Bonchev–Trinajstić information content (AvgIpc) is 2.97. The Morgan fingerprint density at radius 1 is 1.15 bits per heavy atom. The molecule has 0 nitrogen and oxygen atoms in total. The van der Waals surface area contributed by atoms with Gasteiger partial charge in [-0.1, -0.05) is 76.6 Å². The summed E-state index contributed by atoms with van der Waals surface area (Å²) in [5.41, 5.74) is 5.38. The topological polar surface area (TPSA) is 0 Å². The fraction of sp³-hybridized carbons (Fsp3) is 0.704. The molecular weight excluding hydrogens is 324 g/mol. The van der Waals surface area contributed by atoms with Crippen LogP contribution in [0.15, 0.2) is 48.1 Å². The third-order valence-corrected chi connectivity index (χ3v) is 8.86. The third-order valence-electron chi connectivity index (χ3n) is 8.86. The van der Waals surface area contributed by atoms with Gasteiger partial charge in [0, 0.05) is 0 Å². The molecule has 27 heavy (non-hydrogen) atoms. The van der Waals surface area contributed by atoms with E-state index in [0.29, 0.717) is 5.41 Å². The van der Waals surface area contributed by atoms with Crippen molar-refractivity contribution in [3.63, 3.8) is 0 Å². The summed E-state index contributed by atoms with van der Waals surface area (Å²) in [6.07, 6.45) is 17.3. The molecule has 3 saturated carbocycles. The Labute approximate surface area is 168 Å². The van der Waals surface area contributed by atoms with Crippen LogP contribution in [-0.4, -0.2) is 0 Å². The van der Waals surface area contributed by atoms with E-state index in [1.54, 1.807) is 5.57 Å². The molecule has 0 bridgehead atoms. The van der Waals surface area contributed by atoms with Gasteiger partial charge >= 0.3 is 0 Å². The van der Waals surface area contributed by atoms with Gasteiger partial charge in [-0.05, 0) is 91.9 Å². The van der Waals surface area contributed by atoms with Gasteiger partial charge in [-0.2, -0.15) is 0 Å². The fourth-order valence-electron chi connectivity index (χ4n) is 7.84. The molecule has 3 aliphatic carbocycles. The highest BCUT2D eigenvalue weighted by Crippen LogP contribution is 2.67. The van der Waals surface area contributed by atoms with Gasteiger partial charge in [-0.25, -0.2) is 0 Å². The Hall–Kier alpha value is -1.04. The molecule has 6 unspecified atom stereocenters. The number of rotatable bonds is 5. The molecule has 0 radical (unpaired) electrons. The lowest BCUT2D eigenvalue weighted by atomic mass is 9.46. The van der Waals surface area contributed by atoms with Gasteiger partial charge in [0.15, 0.2) is 0 Å². The molecule has 6 atom stereocenters. The van der Waals surface area contributed by atoms with Crippen LogP contribution >= 0.6 is 0 Å². The normalized spacial score (nSPS) is 43.5. The lowest BCUT2D eigenvalue weighted by molar-refractivity contribution is -0.0341. The van der Waals surface area contributed by atoms with Crippen molar-refractivity contribution in [1.82, 2.24) is 0 Å². The average molecular weight is 367 g/mol. The van der Waals surface area contributed by atoms with E-state index in [-0.39, 0.29) is 5.41 Å². The van der Waals surface area contributed by atoms with Crippen LogP contribution in [0.1, 0.15) is 86.0 Å². The first-order valence-electron chi connectivity index (χ1n) is 11.5. The van der Waals surface area contributed by atoms with Crippen LogP contribution in [0.2, 0.25) is 0 Å². The van der Waals surface area contributed by atoms with Gasteiger partial charge in [0.2, 0.25) is 0 Å². The van der Waals surface area contributed by atoms with Gasteiger partial charge in [0.05, 0.1) is 0 Å². The monoisotopic (exact) mass is 366 g/mol. The second-order valence-electron chi connectivity index (χ2n) is 10.2. The minimum absolute atomic E-state index is 0.288. The Kier molecular flexibility index (Phi) is 5.95. The Morgan fingerprint density at radius 2 is 1.89 bits per heavy atom. The number of hydrogen-bond acceptors (Lipinski definition) is 0. The summed E-state index contributed by atoms with van der Waals surface area (Å²) in [5.74, 6) is 3.33. The first-order valence-corrected chi connectivity index (χ1v) is 11.5. The third kappa shape index (κ3) is 3.22. The second-order valence-corrected chi connectivity index (χ2v) is 10.2. The summed E-state index contributed by atoms with van der Waals surface area (Å²) in [7, 11) is 0. The number of fused-ring (bicyclic) bond motifs is 3. The van der Waals surface area contributed by atoms with E-state index in [4.69, 9.17) is 0 Å².